The van der Waals surface area contributed by atoms with Gasteiger partial charge in [-0.1, -0.05) is 41.9 Å². The van der Waals surface area contributed by atoms with Crippen LogP contribution in [0.2, 0.25) is 5.02 Å². The first-order valence-corrected chi connectivity index (χ1v) is 6.81. The molecule has 1 unspecified atom stereocenters. The van der Waals surface area contributed by atoms with E-state index in [0.717, 1.165) is 40.5 Å². The van der Waals surface area contributed by atoms with Crippen molar-refractivity contribution in [2.75, 3.05) is 6.61 Å². The van der Waals surface area contributed by atoms with Gasteiger partial charge in [-0.15, -0.1) is 0 Å². The maximum absolute atomic E-state index is 6.39. The van der Waals surface area contributed by atoms with Crippen molar-refractivity contribution in [3.8, 4) is 5.75 Å². The van der Waals surface area contributed by atoms with E-state index in [4.69, 9.17) is 22.1 Å². The predicted molar refractivity (Wildman–Crippen MR) is 77.9 cm³/mol. The third kappa shape index (κ3) is 2.22. The van der Waals surface area contributed by atoms with Gasteiger partial charge in [0.25, 0.3) is 0 Å². The Kier molecular flexibility index (Phi) is 3.21. The van der Waals surface area contributed by atoms with E-state index in [1.165, 1.54) is 5.56 Å². The zero-order valence-electron chi connectivity index (χ0n) is 10.8. The Morgan fingerprint density at radius 1 is 1.26 bits per heavy atom. The lowest BCUT2D eigenvalue weighted by Crippen LogP contribution is -2.13. The highest BCUT2D eigenvalue weighted by molar-refractivity contribution is 6.31. The molecule has 1 aliphatic heterocycles. The molecule has 0 spiro atoms. The van der Waals surface area contributed by atoms with Crippen molar-refractivity contribution in [1.82, 2.24) is 0 Å². The molecular formula is C16H16ClNO. The average Bonchev–Trinajstić information content (AvgIpc) is 2.89. The van der Waals surface area contributed by atoms with E-state index in [9.17, 15) is 0 Å². The number of hydrogen-bond acceptors (Lipinski definition) is 2. The summed E-state index contributed by atoms with van der Waals surface area (Å²) in [5.41, 5.74) is 10.8. The maximum atomic E-state index is 6.39. The van der Waals surface area contributed by atoms with Crippen LogP contribution in [0.3, 0.4) is 0 Å². The normalized spacial score (nSPS) is 14.9. The Labute approximate surface area is 118 Å². The van der Waals surface area contributed by atoms with E-state index < -0.39 is 0 Å². The summed E-state index contributed by atoms with van der Waals surface area (Å²) in [6, 6.07) is 11.9. The summed E-state index contributed by atoms with van der Waals surface area (Å²) in [4.78, 5) is 0. The molecule has 0 aliphatic carbocycles. The van der Waals surface area contributed by atoms with Gasteiger partial charge in [0.1, 0.15) is 5.75 Å². The minimum atomic E-state index is -0.177. The van der Waals surface area contributed by atoms with Crippen LogP contribution >= 0.6 is 11.6 Å². The van der Waals surface area contributed by atoms with Crippen LogP contribution in [0.4, 0.5) is 0 Å². The average molecular weight is 274 g/mol. The molecular weight excluding hydrogens is 258 g/mol. The fraction of sp³-hybridized carbons (Fsp3) is 0.250. The topological polar surface area (TPSA) is 35.2 Å². The molecule has 0 saturated carbocycles. The van der Waals surface area contributed by atoms with Crippen LogP contribution in [-0.2, 0) is 6.42 Å². The largest absolute Gasteiger partial charge is 0.493 e. The van der Waals surface area contributed by atoms with Crippen LogP contribution in [0.15, 0.2) is 36.4 Å². The number of fused-ring (bicyclic) bond motifs is 1. The van der Waals surface area contributed by atoms with Crippen molar-refractivity contribution in [2.45, 2.75) is 19.4 Å². The first-order chi connectivity index (χ1) is 9.16. The fourth-order valence-electron chi connectivity index (χ4n) is 2.53. The molecule has 0 bridgehead atoms. The van der Waals surface area contributed by atoms with E-state index >= 15 is 0 Å². The Morgan fingerprint density at radius 3 is 2.89 bits per heavy atom. The molecule has 1 atom stereocenters. The second-order valence-corrected chi connectivity index (χ2v) is 5.33. The number of nitrogens with two attached hydrogens (primary N) is 1. The summed E-state index contributed by atoms with van der Waals surface area (Å²) in [6.07, 6.45) is 0.968. The summed E-state index contributed by atoms with van der Waals surface area (Å²) in [5.74, 6) is 0.961. The predicted octanol–water partition coefficient (Wildman–Crippen LogP) is 3.63. The van der Waals surface area contributed by atoms with Gasteiger partial charge in [0.15, 0.2) is 0 Å². The molecule has 2 aromatic carbocycles. The first kappa shape index (κ1) is 12.5. The molecule has 2 nitrogen and oxygen atoms in total. The maximum Gasteiger partial charge on any atom is 0.127 e. The van der Waals surface area contributed by atoms with Crippen molar-refractivity contribution >= 4 is 11.6 Å². The van der Waals surface area contributed by atoms with E-state index in [-0.39, 0.29) is 6.04 Å². The minimum absolute atomic E-state index is 0.177. The number of rotatable bonds is 2. The van der Waals surface area contributed by atoms with E-state index in [0.29, 0.717) is 0 Å². The van der Waals surface area contributed by atoms with Crippen molar-refractivity contribution in [1.29, 1.82) is 0 Å². The van der Waals surface area contributed by atoms with E-state index in [1.807, 2.05) is 37.3 Å². The van der Waals surface area contributed by atoms with Crippen LogP contribution < -0.4 is 10.5 Å². The molecule has 0 fully saturated rings. The molecule has 98 valence electrons. The molecule has 2 N–H and O–H groups in total. The lowest BCUT2D eigenvalue weighted by molar-refractivity contribution is 0.352. The second-order valence-electron chi connectivity index (χ2n) is 4.92. The molecule has 2 aromatic rings. The standard InChI is InChI=1S/C16H16ClNO/c1-10-9-12(5-6-14(10)17)15(18)13-4-2-3-11-7-8-19-16(11)13/h2-6,9,15H,7-8,18H2,1H3. The number of para-hydroxylation sites is 1. The third-order valence-electron chi connectivity index (χ3n) is 3.62. The van der Waals surface area contributed by atoms with Crippen molar-refractivity contribution in [3.63, 3.8) is 0 Å². The third-order valence-corrected chi connectivity index (χ3v) is 4.05. The fourth-order valence-corrected chi connectivity index (χ4v) is 2.64. The summed E-state index contributed by atoms with van der Waals surface area (Å²) >= 11 is 6.06. The highest BCUT2D eigenvalue weighted by Crippen LogP contribution is 2.35. The molecule has 1 heterocycles. The Balaban J connectivity index is 2.02. The molecule has 19 heavy (non-hydrogen) atoms. The van der Waals surface area contributed by atoms with Crippen molar-refractivity contribution < 1.29 is 4.74 Å². The Bertz CT molecular complexity index is 624. The summed E-state index contributed by atoms with van der Waals surface area (Å²) in [6.45, 7) is 2.74. The molecule has 3 heteroatoms. The van der Waals surface area contributed by atoms with E-state index in [2.05, 4.69) is 6.07 Å². The smallest absolute Gasteiger partial charge is 0.127 e. The Morgan fingerprint density at radius 2 is 2.11 bits per heavy atom. The SMILES string of the molecule is Cc1cc(C(N)c2cccc3c2OCC3)ccc1Cl. The first-order valence-electron chi connectivity index (χ1n) is 6.43. The Hall–Kier alpha value is -1.51. The van der Waals surface area contributed by atoms with Gasteiger partial charge in [-0.25, -0.2) is 0 Å². The number of aryl methyl sites for hydroxylation is 1. The van der Waals surface area contributed by atoms with Gasteiger partial charge < -0.3 is 10.5 Å². The molecule has 0 saturated heterocycles. The summed E-state index contributed by atoms with van der Waals surface area (Å²) < 4.78 is 5.72. The van der Waals surface area contributed by atoms with Gasteiger partial charge in [-0.2, -0.15) is 0 Å². The molecule has 3 rings (SSSR count). The monoisotopic (exact) mass is 273 g/mol. The molecule has 0 amide bonds. The summed E-state index contributed by atoms with van der Waals surface area (Å²) in [7, 11) is 0. The van der Waals surface area contributed by atoms with Crippen molar-refractivity contribution in [2.24, 2.45) is 5.73 Å². The van der Waals surface area contributed by atoms with Crippen LogP contribution in [0.25, 0.3) is 0 Å². The molecule has 0 aromatic heterocycles. The zero-order valence-corrected chi connectivity index (χ0v) is 11.6. The second kappa shape index (κ2) is 4.87. The van der Waals surface area contributed by atoms with Gasteiger partial charge in [0.05, 0.1) is 12.6 Å². The van der Waals surface area contributed by atoms with Crippen molar-refractivity contribution in [3.05, 3.63) is 63.7 Å². The van der Waals surface area contributed by atoms with Gasteiger partial charge in [0.2, 0.25) is 0 Å². The number of ether oxygens (including phenoxy) is 1. The highest BCUT2D eigenvalue weighted by Gasteiger charge is 2.21. The number of hydrogen-bond donors (Lipinski definition) is 1. The number of benzene rings is 2. The van der Waals surface area contributed by atoms with Crippen LogP contribution in [-0.4, -0.2) is 6.61 Å². The van der Waals surface area contributed by atoms with Crippen LogP contribution in [0.5, 0.6) is 5.75 Å². The molecule has 1 aliphatic rings. The minimum Gasteiger partial charge on any atom is -0.493 e. The quantitative estimate of drug-likeness (QED) is 0.907. The van der Waals surface area contributed by atoms with Crippen LogP contribution in [0.1, 0.15) is 28.3 Å². The lowest BCUT2D eigenvalue weighted by Gasteiger charge is -2.16. The van der Waals surface area contributed by atoms with Crippen LogP contribution in [0, 0.1) is 6.92 Å². The van der Waals surface area contributed by atoms with Gasteiger partial charge in [0, 0.05) is 17.0 Å². The molecule has 0 radical (unpaired) electrons. The lowest BCUT2D eigenvalue weighted by atomic mass is 9.95. The number of halogens is 1. The summed E-state index contributed by atoms with van der Waals surface area (Å²) in [5, 5.41) is 0.769. The van der Waals surface area contributed by atoms with E-state index in [1.54, 1.807) is 0 Å². The van der Waals surface area contributed by atoms with Gasteiger partial charge >= 0.3 is 0 Å². The highest BCUT2D eigenvalue weighted by atomic mass is 35.5. The zero-order chi connectivity index (χ0) is 13.4. The van der Waals surface area contributed by atoms with Gasteiger partial charge in [-0.05, 0) is 29.7 Å². The van der Waals surface area contributed by atoms with Gasteiger partial charge in [-0.3, -0.25) is 0 Å².